The summed E-state index contributed by atoms with van der Waals surface area (Å²) >= 11 is 0. The maximum absolute atomic E-state index is 5.41. The lowest BCUT2D eigenvalue weighted by Gasteiger charge is -2.29. The largest absolute Gasteiger partial charge is 0.493 e. The molecular weight excluding hydrogens is 348 g/mol. The van der Waals surface area contributed by atoms with Crippen molar-refractivity contribution in [3.63, 3.8) is 0 Å². The van der Waals surface area contributed by atoms with E-state index in [1.165, 1.54) is 5.56 Å². The van der Waals surface area contributed by atoms with Gasteiger partial charge in [-0.05, 0) is 47.5 Å². The number of ether oxygens (including phenoxy) is 2. The highest BCUT2D eigenvalue weighted by molar-refractivity contribution is 6.10. The first-order valence-electron chi connectivity index (χ1n) is 9.18. The fourth-order valence-corrected chi connectivity index (χ4v) is 3.27. The van der Waals surface area contributed by atoms with E-state index < -0.39 is 0 Å². The molecule has 28 heavy (non-hydrogen) atoms. The van der Waals surface area contributed by atoms with Crippen LogP contribution in [0.1, 0.15) is 11.1 Å². The predicted molar refractivity (Wildman–Crippen MR) is 115 cm³/mol. The molecule has 0 radical (unpaired) electrons. The minimum absolute atomic E-state index is 0.709. The zero-order valence-electron chi connectivity index (χ0n) is 16.0. The van der Waals surface area contributed by atoms with Crippen molar-refractivity contribution in [3.05, 3.63) is 90.0 Å². The molecule has 3 aromatic carbocycles. The molecule has 3 aromatic rings. The van der Waals surface area contributed by atoms with Gasteiger partial charge in [0.05, 0.1) is 26.5 Å². The van der Waals surface area contributed by atoms with E-state index in [1.807, 2.05) is 54.6 Å². The molecule has 0 aliphatic carbocycles. The van der Waals surface area contributed by atoms with Crippen LogP contribution >= 0.6 is 0 Å². The van der Waals surface area contributed by atoms with Crippen molar-refractivity contribution in [2.45, 2.75) is 6.54 Å². The zero-order chi connectivity index (χ0) is 19.3. The molecule has 0 fully saturated rings. The summed E-state index contributed by atoms with van der Waals surface area (Å²) in [6, 6.07) is 24.5. The Kier molecular flexibility index (Phi) is 5.11. The van der Waals surface area contributed by atoms with Crippen LogP contribution in [0.15, 0.2) is 83.9 Å². The second kappa shape index (κ2) is 8.01. The van der Waals surface area contributed by atoms with Crippen LogP contribution < -0.4 is 14.4 Å². The highest BCUT2D eigenvalue weighted by atomic mass is 16.5. The summed E-state index contributed by atoms with van der Waals surface area (Å²) in [5, 5.41) is 0. The van der Waals surface area contributed by atoms with Crippen LogP contribution in [0, 0.1) is 0 Å². The monoisotopic (exact) mass is 370 g/mol. The highest BCUT2D eigenvalue weighted by Gasteiger charge is 2.19. The van der Waals surface area contributed by atoms with Crippen molar-refractivity contribution in [3.8, 4) is 11.5 Å². The number of hydrogen-bond donors (Lipinski definition) is 0. The number of hydrogen-bond acceptors (Lipinski definition) is 4. The Bertz CT molecular complexity index is 1030. The highest BCUT2D eigenvalue weighted by Crippen LogP contribution is 2.31. The number of nitrogens with zero attached hydrogens (tertiary/aromatic N) is 2. The molecule has 1 heterocycles. The maximum Gasteiger partial charge on any atom is 0.161 e. The average molecular weight is 370 g/mol. The molecule has 0 spiro atoms. The van der Waals surface area contributed by atoms with Crippen LogP contribution in [-0.2, 0) is 6.54 Å². The standard InChI is InChI=1S/C24H22N2O2/c1-27-22-14-12-18(16-23(22)28-2)13-15-24-25-21-11-7-6-8-19(21)17-26(24)20-9-4-3-5-10-20/h3-16H,17H2,1-2H3. The third-order valence-electron chi connectivity index (χ3n) is 4.73. The van der Waals surface area contributed by atoms with Crippen molar-refractivity contribution in [1.29, 1.82) is 0 Å². The molecule has 0 atom stereocenters. The summed E-state index contributed by atoms with van der Waals surface area (Å²) in [6.45, 7) is 0.787. The Hall–Kier alpha value is -3.53. The number of fused-ring (bicyclic) bond motifs is 1. The second-order valence-corrected chi connectivity index (χ2v) is 6.47. The van der Waals surface area contributed by atoms with Crippen molar-refractivity contribution >= 4 is 23.3 Å². The van der Waals surface area contributed by atoms with E-state index >= 15 is 0 Å². The summed E-state index contributed by atoms with van der Waals surface area (Å²) in [7, 11) is 3.28. The summed E-state index contributed by atoms with van der Waals surface area (Å²) in [5.74, 6) is 2.33. The van der Waals surface area contributed by atoms with Crippen LogP contribution in [0.5, 0.6) is 11.5 Å². The summed E-state index contributed by atoms with van der Waals surface area (Å²) in [5.41, 5.74) is 4.37. The molecule has 4 rings (SSSR count). The number of benzene rings is 3. The van der Waals surface area contributed by atoms with Crippen LogP contribution in [0.3, 0.4) is 0 Å². The number of anilines is 1. The quantitative estimate of drug-likeness (QED) is 0.597. The molecular formula is C24H22N2O2. The molecule has 0 saturated heterocycles. The SMILES string of the molecule is COc1ccc(C=CC2=Nc3ccccc3CN2c2ccccc2)cc1OC. The average Bonchev–Trinajstić information content (AvgIpc) is 2.77. The number of para-hydroxylation sites is 2. The van der Waals surface area contributed by atoms with E-state index in [9.17, 15) is 0 Å². The fourth-order valence-electron chi connectivity index (χ4n) is 3.27. The minimum Gasteiger partial charge on any atom is -0.493 e. The Morgan fingerprint density at radius 2 is 1.57 bits per heavy atom. The minimum atomic E-state index is 0.709. The molecule has 0 saturated carbocycles. The van der Waals surface area contributed by atoms with Crippen molar-refractivity contribution in [2.24, 2.45) is 4.99 Å². The normalized spacial score (nSPS) is 13.2. The molecule has 4 nitrogen and oxygen atoms in total. The van der Waals surface area contributed by atoms with Gasteiger partial charge in [0.25, 0.3) is 0 Å². The molecule has 1 aliphatic rings. The van der Waals surface area contributed by atoms with Gasteiger partial charge >= 0.3 is 0 Å². The van der Waals surface area contributed by atoms with Gasteiger partial charge in [-0.15, -0.1) is 0 Å². The van der Waals surface area contributed by atoms with Crippen LogP contribution in [0.25, 0.3) is 6.08 Å². The van der Waals surface area contributed by atoms with Gasteiger partial charge < -0.3 is 14.4 Å². The fraction of sp³-hybridized carbons (Fsp3) is 0.125. The molecule has 0 bridgehead atoms. The number of aliphatic imine (C=N–C) groups is 1. The Morgan fingerprint density at radius 3 is 2.36 bits per heavy atom. The first kappa shape index (κ1) is 17.9. The molecule has 0 unspecified atom stereocenters. The third-order valence-corrected chi connectivity index (χ3v) is 4.73. The first-order chi connectivity index (χ1) is 13.8. The Balaban J connectivity index is 1.70. The van der Waals surface area contributed by atoms with E-state index in [2.05, 4.69) is 35.2 Å². The van der Waals surface area contributed by atoms with Gasteiger partial charge in [-0.25, -0.2) is 4.99 Å². The van der Waals surface area contributed by atoms with E-state index in [4.69, 9.17) is 14.5 Å². The van der Waals surface area contributed by atoms with Crippen molar-refractivity contribution < 1.29 is 9.47 Å². The summed E-state index contributed by atoms with van der Waals surface area (Å²) in [6.07, 6.45) is 4.09. The van der Waals surface area contributed by atoms with Gasteiger partial charge in [-0.2, -0.15) is 0 Å². The van der Waals surface area contributed by atoms with Gasteiger partial charge in [0, 0.05) is 5.69 Å². The lowest BCUT2D eigenvalue weighted by Crippen LogP contribution is -2.31. The van der Waals surface area contributed by atoms with E-state index in [-0.39, 0.29) is 0 Å². The van der Waals surface area contributed by atoms with Gasteiger partial charge in [0.1, 0.15) is 5.84 Å². The first-order valence-corrected chi connectivity index (χ1v) is 9.18. The lowest BCUT2D eigenvalue weighted by atomic mass is 10.1. The van der Waals surface area contributed by atoms with E-state index in [1.54, 1.807) is 14.2 Å². The number of methoxy groups -OCH3 is 2. The smallest absolute Gasteiger partial charge is 0.161 e. The molecule has 0 aromatic heterocycles. The zero-order valence-corrected chi connectivity index (χ0v) is 16.0. The Morgan fingerprint density at radius 1 is 0.821 bits per heavy atom. The van der Waals surface area contributed by atoms with Crippen molar-refractivity contribution in [2.75, 3.05) is 19.1 Å². The summed E-state index contributed by atoms with van der Waals surface area (Å²) in [4.78, 5) is 7.12. The second-order valence-electron chi connectivity index (χ2n) is 6.47. The molecule has 0 amide bonds. The van der Waals surface area contributed by atoms with E-state index in [0.29, 0.717) is 5.75 Å². The Labute approximate surface area is 165 Å². The molecule has 0 N–H and O–H groups in total. The van der Waals surface area contributed by atoms with Gasteiger partial charge in [-0.1, -0.05) is 48.5 Å². The van der Waals surface area contributed by atoms with Gasteiger partial charge in [0.2, 0.25) is 0 Å². The van der Waals surface area contributed by atoms with Crippen LogP contribution in [-0.4, -0.2) is 20.1 Å². The molecule has 1 aliphatic heterocycles. The van der Waals surface area contributed by atoms with Gasteiger partial charge in [-0.3, -0.25) is 0 Å². The predicted octanol–water partition coefficient (Wildman–Crippen LogP) is 5.47. The topological polar surface area (TPSA) is 34.1 Å². The van der Waals surface area contributed by atoms with Gasteiger partial charge in [0.15, 0.2) is 11.5 Å². The maximum atomic E-state index is 5.41. The molecule has 140 valence electrons. The lowest BCUT2D eigenvalue weighted by molar-refractivity contribution is 0.355. The van der Waals surface area contributed by atoms with E-state index in [0.717, 1.165) is 35.1 Å². The van der Waals surface area contributed by atoms with Crippen LogP contribution in [0.4, 0.5) is 11.4 Å². The van der Waals surface area contributed by atoms with Crippen molar-refractivity contribution in [1.82, 2.24) is 0 Å². The summed E-state index contributed by atoms with van der Waals surface area (Å²) < 4.78 is 10.7. The number of rotatable bonds is 5. The van der Waals surface area contributed by atoms with Crippen LogP contribution in [0.2, 0.25) is 0 Å². The third kappa shape index (κ3) is 3.62. The number of amidine groups is 1. The molecule has 4 heteroatoms.